The summed E-state index contributed by atoms with van der Waals surface area (Å²) in [5, 5.41) is 3.18. The van der Waals surface area contributed by atoms with Crippen LogP contribution in [0.25, 0.3) is 0 Å². The summed E-state index contributed by atoms with van der Waals surface area (Å²) in [5.41, 5.74) is 0.546. The summed E-state index contributed by atoms with van der Waals surface area (Å²) in [4.78, 5) is 14.8. The number of benzene rings is 1. The number of amides is 1. The normalized spacial score (nSPS) is 20.0. The Morgan fingerprint density at radius 2 is 1.74 bits per heavy atom. The van der Waals surface area contributed by atoms with E-state index in [0.29, 0.717) is 37.8 Å². The molecule has 3 rings (SSSR count). The average molecular weight is 396 g/mol. The molecule has 0 aliphatic carbocycles. The molecule has 0 saturated carbocycles. The number of likely N-dealkylation sites (tertiary alicyclic amines) is 1. The third-order valence-corrected chi connectivity index (χ3v) is 7.33. The number of nitrogens with zero attached hydrogens (tertiary/aromatic N) is 2. The molecule has 2 heterocycles. The molecule has 8 heteroatoms. The average Bonchev–Trinajstić information content (AvgIpc) is 2.73. The first-order valence-electron chi connectivity index (χ1n) is 9.64. The second-order valence-corrected chi connectivity index (χ2v) is 9.11. The van der Waals surface area contributed by atoms with Crippen molar-refractivity contribution in [3.05, 3.63) is 29.8 Å². The number of hydrogen-bond acceptors (Lipinski definition) is 5. The van der Waals surface area contributed by atoms with E-state index in [4.69, 9.17) is 4.74 Å². The molecular weight excluding hydrogens is 366 g/mol. The van der Waals surface area contributed by atoms with Gasteiger partial charge in [-0.05, 0) is 63.0 Å². The first-order chi connectivity index (χ1) is 13.0. The zero-order valence-corrected chi connectivity index (χ0v) is 16.7. The highest BCUT2D eigenvalue weighted by molar-refractivity contribution is 7.89. The number of sulfonamides is 1. The van der Waals surface area contributed by atoms with Crippen LogP contribution in [-0.4, -0.2) is 76.5 Å². The Kier molecular flexibility index (Phi) is 6.86. The molecule has 0 atom stereocenters. The number of carbonyl (C=O) groups is 1. The molecule has 0 spiro atoms. The molecule has 0 bridgehead atoms. The molecule has 1 N–H and O–H groups in total. The molecule has 2 aliphatic heterocycles. The van der Waals surface area contributed by atoms with Crippen molar-refractivity contribution in [2.24, 2.45) is 5.92 Å². The fraction of sp³-hybridized carbons (Fsp3) is 0.632. The lowest BCUT2D eigenvalue weighted by Gasteiger charge is -2.32. The van der Waals surface area contributed by atoms with E-state index in [1.807, 2.05) is 11.9 Å². The van der Waals surface area contributed by atoms with Crippen molar-refractivity contribution in [1.29, 1.82) is 0 Å². The summed E-state index contributed by atoms with van der Waals surface area (Å²) in [6.45, 7) is 4.11. The lowest BCUT2D eigenvalue weighted by molar-refractivity contribution is 0.0687. The maximum Gasteiger partial charge on any atom is 0.253 e. The van der Waals surface area contributed by atoms with E-state index in [2.05, 4.69) is 5.32 Å². The van der Waals surface area contributed by atoms with Crippen LogP contribution in [0.1, 0.15) is 29.6 Å². The van der Waals surface area contributed by atoms with Crippen LogP contribution in [0.3, 0.4) is 0 Å². The van der Waals surface area contributed by atoms with Crippen molar-refractivity contribution in [2.45, 2.75) is 24.2 Å². The molecule has 1 amide bonds. The van der Waals surface area contributed by atoms with Crippen LogP contribution in [0, 0.1) is 5.92 Å². The maximum atomic E-state index is 12.7. The van der Waals surface area contributed by atoms with Gasteiger partial charge in [0.05, 0.1) is 18.1 Å². The number of morpholine rings is 1. The Morgan fingerprint density at radius 1 is 1.11 bits per heavy atom. The molecule has 7 nitrogen and oxygen atoms in total. The van der Waals surface area contributed by atoms with Crippen LogP contribution < -0.4 is 5.32 Å². The number of hydrogen-bond donors (Lipinski definition) is 1. The van der Waals surface area contributed by atoms with Gasteiger partial charge in [0.15, 0.2) is 0 Å². The van der Waals surface area contributed by atoms with Gasteiger partial charge in [-0.3, -0.25) is 4.79 Å². The Bertz CT molecular complexity index is 722. The molecule has 2 aliphatic rings. The summed E-state index contributed by atoms with van der Waals surface area (Å²) < 4.78 is 32.0. The van der Waals surface area contributed by atoms with Gasteiger partial charge in [0, 0.05) is 31.7 Å². The van der Waals surface area contributed by atoms with Crippen LogP contribution in [0.15, 0.2) is 29.2 Å². The fourth-order valence-corrected chi connectivity index (χ4v) is 5.07. The molecule has 1 aromatic carbocycles. The van der Waals surface area contributed by atoms with Crippen LogP contribution in [0.5, 0.6) is 0 Å². The van der Waals surface area contributed by atoms with E-state index in [0.717, 1.165) is 38.9 Å². The Hall–Kier alpha value is -1.48. The summed E-state index contributed by atoms with van der Waals surface area (Å²) in [7, 11) is -1.56. The molecule has 0 aromatic heterocycles. The van der Waals surface area contributed by atoms with Gasteiger partial charge in [-0.1, -0.05) is 0 Å². The molecular formula is C19H29N3O4S. The van der Waals surface area contributed by atoms with E-state index in [1.165, 1.54) is 16.4 Å². The van der Waals surface area contributed by atoms with Crippen LogP contribution in [0.2, 0.25) is 0 Å². The summed E-state index contributed by atoms with van der Waals surface area (Å²) >= 11 is 0. The van der Waals surface area contributed by atoms with Crippen molar-refractivity contribution < 1.29 is 17.9 Å². The SMILES string of the molecule is CNCCC1CCN(C(=O)c2ccc(S(=O)(=O)N3CCOCC3)cc2)CC1. The second kappa shape index (κ2) is 9.14. The molecule has 0 radical (unpaired) electrons. The predicted molar refractivity (Wildman–Crippen MR) is 103 cm³/mol. The lowest BCUT2D eigenvalue weighted by Crippen LogP contribution is -2.40. The Morgan fingerprint density at radius 3 is 2.33 bits per heavy atom. The summed E-state index contributed by atoms with van der Waals surface area (Å²) in [6, 6.07) is 6.33. The highest BCUT2D eigenvalue weighted by Crippen LogP contribution is 2.23. The molecule has 150 valence electrons. The van der Waals surface area contributed by atoms with Crippen molar-refractivity contribution in [3.8, 4) is 0 Å². The van der Waals surface area contributed by atoms with Gasteiger partial charge in [0.25, 0.3) is 5.91 Å². The molecule has 2 fully saturated rings. The van der Waals surface area contributed by atoms with E-state index in [-0.39, 0.29) is 10.8 Å². The first kappa shape index (κ1) is 20.3. The number of rotatable bonds is 6. The van der Waals surface area contributed by atoms with E-state index < -0.39 is 10.0 Å². The van der Waals surface area contributed by atoms with Gasteiger partial charge < -0.3 is 15.0 Å². The van der Waals surface area contributed by atoms with Crippen molar-refractivity contribution in [2.75, 3.05) is 53.0 Å². The minimum absolute atomic E-state index is 0.0163. The highest BCUT2D eigenvalue weighted by atomic mass is 32.2. The quantitative estimate of drug-likeness (QED) is 0.782. The van der Waals surface area contributed by atoms with Gasteiger partial charge >= 0.3 is 0 Å². The van der Waals surface area contributed by atoms with Gasteiger partial charge in [-0.15, -0.1) is 0 Å². The molecule has 2 saturated heterocycles. The lowest BCUT2D eigenvalue weighted by atomic mass is 9.93. The van der Waals surface area contributed by atoms with E-state index in [1.54, 1.807) is 12.1 Å². The summed E-state index contributed by atoms with van der Waals surface area (Å²) in [5.74, 6) is 0.653. The van der Waals surface area contributed by atoms with E-state index in [9.17, 15) is 13.2 Å². The molecule has 1 aromatic rings. The first-order valence-corrected chi connectivity index (χ1v) is 11.1. The summed E-state index contributed by atoms with van der Waals surface area (Å²) in [6.07, 6.45) is 3.19. The highest BCUT2D eigenvalue weighted by Gasteiger charge is 2.27. The zero-order valence-electron chi connectivity index (χ0n) is 15.9. The van der Waals surface area contributed by atoms with Crippen LogP contribution in [-0.2, 0) is 14.8 Å². The van der Waals surface area contributed by atoms with Gasteiger partial charge in [-0.25, -0.2) is 8.42 Å². The van der Waals surface area contributed by atoms with Crippen LogP contribution in [0.4, 0.5) is 0 Å². The standard InChI is InChI=1S/C19H29N3O4S/c1-20-9-6-16-7-10-21(11-8-16)19(23)17-2-4-18(5-3-17)27(24,25)22-12-14-26-15-13-22/h2-5,16,20H,6-15H2,1H3. The number of ether oxygens (including phenoxy) is 1. The van der Waals surface area contributed by atoms with Crippen molar-refractivity contribution in [1.82, 2.24) is 14.5 Å². The molecule has 27 heavy (non-hydrogen) atoms. The van der Waals surface area contributed by atoms with Crippen molar-refractivity contribution in [3.63, 3.8) is 0 Å². The number of piperidine rings is 1. The third-order valence-electron chi connectivity index (χ3n) is 5.41. The van der Waals surface area contributed by atoms with E-state index >= 15 is 0 Å². The smallest absolute Gasteiger partial charge is 0.253 e. The van der Waals surface area contributed by atoms with Crippen LogP contribution >= 0.6 is 0 Å². The topological polar surface area (TPSA) is 79.0 Å². The number of carbonyl (C=O) groups excluding carboxylic acids is 1. The third kappa shape index (κ3) is 4.87. The Balaban J connectivity index is 1.61. The Labute approximate surface area is 161 Å². The van der Waals surface area contributed by atoms with Crippen molar-refractivity contribution >= 4 is 15.9 Å². The minimum Gasteiger partial charge on any atom is -0.379 e. The van der Waals surface area contributed by atoms with Gasteiger partial charge in [0.1, 0.15) is 0 Å². The number of nitrogens with one attached hydrogen (secondary N) is 1. The van der Waals surface area contributed by atoms with Gasteiger partial charge in [-0.2, -0.15) is 4.31 Å². The maximum absolute atomic E-state index is 12.7. The van der Waals surface area contributed by atoms with Gasteiger partial charge in [0.2, 0.25) is 10.0 Å². The largest absolute Gasteiger partial charge is 0.379 e. The predicted octanol–water partition coefficient (Wildman–Crippen LogP) is 1.17. The monoisotopic (exact) mass is 395 g/mol. The second-order valence-electron chi connectivity index (χ2n) is 7.17. The minimum atomic E-state index is -3.52. The molecule has 0 unspecified atom stereocenters. The fourth-order valence-electron chi connectivity index (χ4n) is 3.66. The zero-order chi connectivity index (χ0) is 19.3.